The molecule has 5 rings (SSSR count). The zero-order valence-corrected chi connectivity index (χ0v) is 18.7. The second-order valence-electron chi connectivity index (χ2n) is 8.87. The average Bonchev–Trinajstić information content (AvgIpc) is 3.45. The van der Waals surface area contributed by atoms with Crippen LogP contribution in [0, 0.1) is 24.6 Å². The molecular formula is C24H25FN6O3. The van der Waals surface area contributed by atoms with Gasteiger partial charge in [-0.1, -0.05) is 18.9 Å². The molecule has 3 aromatic rings. The largest absolute Gasteiger partial charge is 0.349 e. The summed E-state index contributed by atoms with van der Waals surface area (Å²) in [6.45, 7) is 2.85. The number of halogens is 1. The monoisotopic (exact) mass is 464 g/mol. The van der Waals surface area contributed by atoms with Gasteiger partial charge in [0.05, 0.1) is 29.7 Å². The standard InChI is InChI=1S/C24H25FN6O3/c1-13-10-19(30-29-13)14-6-7-17(18(25)11-14)22(32)15-4-2-3-5-16(15)23(33)28-20-12-27-31-9-8-26-24(34)21(20)31/h6-7,10-12,15-16H,2-5,8-9H2,1H3,(H,26,34)(H,28,33)(H,29,30)/t15-,16+/m0/s1. The Labute approximate surface area is 195 Å². The molecule has 0 unspecified atom stereocenters. The quantitative estimate of drug-likeness (QED) is 0.501. The molecule has 0 bridgehead atoms. The molecule has 10 heteroatoms. The summed E-state index contributed by atoms with van der Waals surface area (Å²) in [4.78, 5) is 38.8. The number of aromatic nitrogens is 4. The number of amides is 2. The van der Waals surface area contributed by atoms with Crippen LogP contribution in [-0.4, -0.2) is 44.1 Å². The third kappa shape index (κ3) is 4.00. The van der Waals surface area contributed by atoms with Gasteiger partial charge in [0.2, 0.25) is 5.91 Å². The third-order valence-electron chi connectivity index (χ3n) is 6.60. The van der Waals surface area contributed by atoms with Crippen LogP contribution >= 0.6 is 0 Å². The summed E-state index contributed by atoms with van der Waals surface area (Å²) in [7, 11) is 0. The smallest absolute Gasteiger partial charge is 0.271 e. The minimum Gasteiger partial charge on any atom is -0.349 e. The second kappa shape index (κ2) is 8.85. The first-order chi connectivity index (χ1) is 16.4. The molecule has 2 aromatic heterocycles. The van der Waals surface area contributed by atoms with E-state index in [1.54, 1.807) is 16.8 Å². The van der Waals surface area contributed by atoms with Crippen molar-refractivity contribution in [2.45, 2.75) is 39.2 Å². The highest BCUT2D eigenvalue weighted by Crippen LogP contribution is 2.35. The van der Waals surface area contributed by atoms with Crippen LogP contribution in [-0.2, 0) is 11.3 Å². The van der Waals surface area contributed by atoms with Gasteiger partial charge in [0, 0.05) is 29.6 Å². The van der Waals surface area contributed by atoms with Gasteiger partial charge in [-0.25, -0.2) is 4.39 Å². The first-order valence-corrected chi connectivity index (χ1v) is 11.4. The van der Waals surface area contributed by atoms with Crippen molar-refractivity contribution in [1.29, 1.82) is 0 Å². The van der Waals surface area contributed by atoms with E-state index in [9.17, 15) is 18.8 Å². The van der Waals surface area contributed by atoms with Crippen LogP contribution in [0.2, 0.25) is 0 Å². The normalized spacial score (nSPS) is 19.9. The van der Waals surface area contributed by atoms with Gasteiger partial charge in [-0.2, -0.15) is 10.2 Å². The number of hydrogen-bond donors (Lipinski definition) is 3. The SMILES string of the molecule is Cc1cc(-c2ccc(C(=O)[C@H]3CCCC[C@H]3C(=O)Nc3cnn4c3C(=O)NCC4)c(F)c2)n[nH]1. The molecule has 2 atom stereocenters. The molecule has 1 aromatic carbocycles. The van der Waals surface area contributed by atoms with E-state index in [0.717, 1.165) is 18.5 Å². The van der Waals surface area contributed by atoms with Gasteiger partial charge in [0.1, 0.15) is 11.5 Å². The number of ketones is 1. The first kappa shape index (κ1) is 22.0. The molecule has 2 aliphatic rings. The number of aromatic amines is 1. The Morgan fingerprint density at radius 2 is 1.97 bits per heavy atom. The number of aryl methyl sites for hydroxylation is 1. The third-order valence-corrected chi connectivity index (χ3v) is 6.60. The van der Waals surface area contributed by atoms with Gasteiger partial charge in [0.15, 0.2) is 5.78 Å². The average molecular weight is 465 g/mol. The Bertz CT molecular complexity index is 1280. The zero-order valence-electron chi connectivity index (χ0n) is 18.7. The molecule has 1 fully saturated rings. The van der Waals surface area contributed by atoms with Crippen molar-refractivity contribution in [3.63, 3.8) is 0 Å². The predicted molar refractivity (Wildman–Crippen MR) is 122 cm³/mol. The van der Waals surface area contributed by atoms with Crippen LogP contribution in [0.1, 0.15) is 52.2 Å². The number of rotatable bonds is 5. The lowest BCUT2D eigenvalue weighted by Gasteiger charge is -2.29. The number of nitrogens with zero attached hydrogens (tertiary/aromatic N) is 3. The van der Waals surface area contributed by atoms with Crippen molar-refractivity contribution in [3.8, 4) is 11.3 Å². The lowest BCUT2D eigenvalue weighted by Crippen LogP contribution is -2.38. The lowest BCUT2D eigenvalue weighted by molar-refractivity contribution is -0.122. The van der Waals surface area contributed by atoms with Crippen LogP contribution in [0.25, 0.3) is 11.3 Å². The molecule has 3 heterocycles. The molecule has 0 spiro atoms. The Hall–Kier alpha value is -3.82. The van der Waals surface area contributed by atoms with Crippen molar-refractivity contribution >= 4 is 23.3 Å². The highest BCUT2D eigenvalue weighted by atomic mass is 19.1. The maximum Gasteiger partial charge on any atom is 0.271 e. The van der Waals surface area contributed by atoms with Gasteiger partial charge in [-0.15, -0.1) is 0 Å². The maximum atomic E-state index is 15.0. The molecule has 1 aliphatic carbocycles. The van der Waals surface area contributed by atoms with Gasteiger partial charge in [-0.3, -0.25) is 24.2 Å². The molecule has 2 amide bonds. The molecule has 176 valence electrons. The van der Waals surface area contributed by atoms with E-state index in [-0.39, 0.29) is 23.2 Å². The fourth-order valence-electron chi connectivity index (χ4n) is 4.87. The Morgan fingerprint density at radius 3 is 2.71 bits per heavy atom. The van der Waals surface area contributed by atoms with E-state index >= 15 is 0 Å². The highest BCUT2D eigenvalue weighted by molar-refractivity contribution is 6.06. The predicted octanol–water partition coefficient (Wildman–Crippen LogP) is 3.09. The van der Waals surface area contributed by atoms with Crippen LogP contribution in [0.5, 0.6) is 0 Å². The Balaban J connectivity index is 1.36. The van der Waals surface area contributed by atoms with E-state index in [2.05, 4.69) is 25.9 Å². The molecule has 34 heavy (non-hydrogen) atoms. The number of H-pyrrole nitrogens is 1. The number of anilines is 1. The summed E-state index contributed by atoms with van der Waals surface area (Å²) in [5.74, 6) is -2.91. The highest BCUT2D eigenvalue weighted by Gasteiger charge is 2.38. The fraction of sp³-hybridized carbons (Fsp3) is 0.375. The van der Waals surface area contributed by atoms with E-state index in [0.29, 0.717) is 48.6 Å². The van der Waals surface area contributed by atoms with E-state index < -0.39 is 17.7 Å². The van der Waals surface area contributed by atoms with Gasteiger partial charge < -0.3 is 10.6 Å². The molecule has 9 nitrogen and oxygen atoms in total. The Morgan fingerprint density at radius 1 is 1.18 bits per heavy atom. The summed E-state index contributed by atoms with van der Waals surface area (Å²) in [5, 5.41) is 16.7. The fourth-order valence-corrected chi connectivity index (χ4v) is 4.87. The number of carbonyl (C=O) groups is 3. The zero-order chi connectivity index (χ0) is 23.8. The first-order valence-electron chi connectivity index (χ1n) is 11.4. The summed E-state index contributed by atoms with van der Waals surface area (Å²) >= 11 is 0. The molecule has 3 N–H and O–H groups in total. The molecule has 0 radical (unpaired) electrons. The minimum atomic E-state index is -0.637. The number of benzene rings is 1. The summed E-state index contributed by atoms with van der Waals surface area (Å²) in [5.41, 5.74) is 2.61. The number of hydrogen-bond acceptors (Lipinski definition) is 5. The van der Waals surface area contributed by atoms with Crippen molar-refractivity contribution in [1.82, 2.24) is 25.3 Å². The van der Waals surface area contributed by atoms with Gasteiger partial charge in [-0.05, 0) is 38.0 Å². The molecule has 1 saturated carbocycles. The van der Waals surface area contributed by atoms with Gasteiger partial charge in [0.25, 0.3) is 5.91 Å². The van der Waals surface area contributed by atoms with E-state index in [1.165, 1.54) is 18.3 Å². The van der Waals surface area contributed by atoms with Gasteiger partial charge >= 0.3 is 0 Å². The number of Topliss-reactive ketones (excluding diaryl/α,β-unsaturated/α-hetero) is 1. The topological polar surface area (TPSA) is 122 Å². The molecule has 0 saturated heterocycles. The van der Waals surface area contributed by atoms with Crippen molar-refractivity contribution < 1.29 is 18.8 Å². The summed E-state index contributed by atoms with van der Waals surface area (Å²) < 4.78 is 16.5. The van der Waals surface area contributed by atoms with Crippen molar-refractivity contribution in [2.24, 2.45) is 11.8 Å². The number of fused-ring (bicyclic) bond motifs is 1. The number of nitrogens with one attached hydrogen (secondary N) is 3. The van der Waals surface area contributed by atoms with Crippen molar-refractivity contribution in [2.75, 3.05) is 11.9 Å². The lowest BCUT2D eigenvalue weighted by atomic mass is 9.74. The van der Waals surface area contributed by atoms with Crippen LogP contribution in [0.4, 0.5) is 10.1 Å². The van der Waals surface area contributed by atoms with E-state index in [1.807, 2.05) is 6.92 Å². The molecular weight excluding hydrogens is 439 g/mol. The number of carbonyl (C=O) groups excluding carboxylic acids is 3. The Kier molecular flexibility index (Phi) is 5.72. The van der Waals surface area contributed by atoms with Crippen LogP contribution in [0.15, 0.2) is 30.5 Å². The van der Waals surface area contributed by atoms with E-state index in [4.69, 9.17) is 0 Å². The van der Waals surface area contributed by atoms with Crippen LogP contribution < -0.4 is 10.6 Å². The summed E-state index contributed by atoms with van der Waals surface area (Å²) in [6, 6.07) is 6.24. The minimum absolute atomic E-state index is 0.0250. The molecule has 1 aliphatic heterocycles. The second-order valence-corrected chi connectivity index (χ2v) is 8.87. The summed E-state index contributed by atoms with van der Waals surface area (Å²) in [6.07, 6.45) is 4.06. The maximum absolute atomic E-state index is 15.0. The van der Waals surface area contributed by atoms with Crippen molar-refractivity contribution in [3.05, 3.63) is 53.2 Å². The van der Waals surface area contributed by atoms with Crippen LogP contribution in [0.3, 0.4) is 0 Å².